The van der Waals surface area contributed by atoms with Gasteiger partial charge in [0.2, 0.25) is 0 Å². The van der Waals surface area contributed by atoms with Crippen molar-refractivity contribution in [3.8, 4) is 0 Å². The molecule has 0 atom stereocenters. The number of aliphatic imine (C=N–C) groups is 1. The molecule has 0 heterocycles. The van der Waals surface area contributed by atoms with Crippen LogP contribution in [0.5, 0.6) is 0 Å². The molecular weight excluding hydrogens is 399 g/mol. The number of nitrogens with one attached hydrogen (secondary N) is 2. The Morgan fingerprint density at radius 3 is 2.59 bits per heavy atom. The quantitative estimate of drug-likeness (QED) is 0.441. The summed E-state index contributed by atoms with van der Waals surface area (Å²) >= 11 is 0. The van der Waals surface area contributed by atoms with Gasteiger partial charge in [0, 0.05) is 25.7 Å². The van der Waals surface area contributed by atoms with Crippen LogP contribution in [0.4, 0.5) is 8.78 Å². The van der Waals surface area contributed by atoms with Crippen LogP contribution < -0.4 is 10.6 Å². The van der Waals surface area contributed by atoms with Crippen LogP contribution in [-0.2, 0) is 6.42 Å². The summed E-state index contributed by atoms with van der Waals surface area (Å²) in [5.41, 5.74) is 0.511. The lowest BCUT2D eigenvalue weighted by Crippen LogP contribution is -2.44. The zero-order valence-corrected chi connectivity index (χ0v) is 15.2. The molecule has 1 saturated carbocycles. The average molecular weight is 423 g/mol. The Labute approximate surface area is 148 Å². The van der Waals surface area contributed by atoms with Gasteiger partial charge in [0.25, 0.3) is 0 Å². The Hall–Kier alpha value is -0.920. The van der Waals surface area contributed by atoms with Gasteiger partial charge in [-0.3, -0.25) is 4.99 Å². The van der Waals surface area contributed by atoms with Crippen LogP contribution in [0.1, 0.15) is 37.7 Å². The molecule has 0 unspecified atom stereocenters. The molecule has 22 heavy (non-hydrogen) atoms. The first kappa shape index (κ1) is 19.1. The van der Waals surface area contributed by atoms with E-state index >= 15 is 0 Å². The maximum atomic E-state index is 13.5. The first-order valence-corrected chi connectivity index (χ1v) is 7.60. The molecule has 124 valence electrons. The number of hydrogen-bond donors (Lipinski definition) is 2. The van der Waals surface area contributed by atoms with Gasteiger partial charge in [0.05, 0.1) is 0 Å². The minimum absolute atomic E-state index is 0. The minimum Gasteiger partial charge on any atom is -0.356 e. The van der Waals surface area contributed by atoms with Gasteiger partial charge >= 0.3 is 0 Å². The summed E-state index contributed by atoms with van der Waals surface area (Å²) in [6, 6.07) is 4.18. The maximum Gasteiger partial charge on any atom is 0.191 e. The second kappa shape index (κ2) is 9.97. The molecule has 2 N–H and O–H groups in total. The van der Waals surface area contributed by atoms with Crippen molar-refractivity contribution in [1.82, 2.24) is 10.6 Å². The minimum atomic E-state index is -0.543. The fourth-order valence-electron chi connectivity index (χ4n) is 2.67. The summed E-state index contributed by atoms with van der Waals surface area (Å²) in [5, 5.41) is 6.59. The highest BCUT2D eigenvalue weighted by molar-refractivity contribution is 14.0. The summed E-state index contributed by atoms with van der Waals surface area (Å²) in [5.74, 6) is -0.282. The van der Waals surface area contributed by atoms with Gasteiger partial charge < -0.3 is 10.6 Å². The van der Waals surface area contributed by atoms with Crippen LogP contribution in [0.3, 0.4) is 0 Å². The molecule has 6 heteroatoms. The van der Waals surface area contributed by atoms with E-state index in [1.165, 1.54) is 44.2 Å². The van der Waals surface area contributed by atoms with E-state index in [1.807, 2.05) is 0 Å². The monoisotopic (exact) mass is 423 g/mol. The predicted octanol–water partition coefficient (Wildman–Crippen LogP) is 3.62. The van der Waals surface area contributed by atoms with Gasteiger partial charge in [-0.25, -0.2) is 8.78 Å². The van der Waals surface area contributed by atoms with Crippen molar-refractivity contribution in [3.63, 3.8) is 0 Å². The Morgan fingerprint density at radius 1 is 1.23 bits per heavy atom. The third-order valence-corrected chi connectivity index (χ3v) is 3.87. The topological polar surface area (TPSA) is 36.4 Å². The third-order valence-electron chi connectivity index (χ3n) is 3.87. The highest BCUT2D eigenvalue weighted by Gasteiger charge is 2.14. The van der Waals surface area contributed by atoms with Crippen LogP contribution in [0.2, 0.25) is 0 Å². The van der Waals surface area contributed by atoms with Gasteiger partial charge in [0.1, 0.15) is 11.6 Å². The predicted molar refractivity (Wildman–Crippen MR) is 96.8 cm³/mol. The number of benzene rings is 1. The molecule has 1 aromatic rings. The number of hydrogen-bond acceptors (Lipinski definition) is 1. The third kappa shape index (κ3) is 6.06. The summed E-state index contributed by atoms with van der Waals surface area (Å²) in [7, 11) is 1.73. The van der Waals surface area contributed by atoms with E-state index in [0.717, 1.165) is 12.0 Å². The van der Waals surface area contributed by atoms with Gasteiger partial charge in [-0.15, -0.1) is 24.0 Å². The Balaban J connectivity index is 0.00000242. The lowest BCUT2D eigenvalue weighted by atomic mass is 9.96. The van der Waals surface area contributed by atoms with Crippen molar-refractivity contribution < 1.29 is 8.78 Å². The summed E-state index contributed by atoms with van der Waals surface area (Å²) < 4.78 is 26.3. The van der Waals surface area contributed by atoms with E-state index in [1.54, 1.807) is 7.05 Å². The van der Waals surface area contributed by atoms with E-state index in [-0.39, 0.29) is 24.0 Å². The van der Waals surface area contributed by atoms with Crippen molar-refractivity contribution in [3.05, 3.63) is 35.4 Å². The Kier molecular flexibility index (Phi) is 8.67. The number of nitrogens with zero attached hydrogens (tertiary/aromatic N) is 1. The molecule has 0 aliphatic heterocycles. The van der Waals surface area contributed by atoms with E-state index in [2.05, 4.69) is 15.6 Å². The highest BCUT2D eigenvalue weighted by atomic mass is 127. The van der Waals surface area contributed by atoms with E-state index in [9.17, 15) is 8.78 Å². The Bertz CT molecular complexity index is 488. The molecule has 0 amide bonds. The van der Waals surface area contributed by atoms with Crippen molar-refractivity contribution >= 4 is 29.9 Å². The molecule has 0 radical (unpaired) electrons. The molecule has 2 rings (SSSR count). The molecule has 1 aliphatic carbocycles. The van der Waals surface area contributed by atoms with Crippen molar-refractivity contribution in [2.75, 3.05) is 13.6 Å². The van der Waals surface area contributed by atoms with Crippen LogP contribution in [0.25, 0.3) is 0 Å². The van der Waals surface area contributed by atoms with Crippen molar-refractivity contribution in [1.29, 1.82) is 0 Å². The lowest BCUT2D eigenvalue weighted by molar-refractivity contribution is 0.410. The van der Waals surface area contributed by atoms with Gasteiger partial charge in [-0.05, 0) is 30.9 Å². The standard InChI is InChI=1S/C16H23F2N3.HI/c1-19-16(21-14-5-3-2-4-6-14)20-10-9-12-7-8-13(17)11-15(12)18;/h7-8,11,14H,2-6,9-10H2,1H3,(H2,19,20,21);1H. The normalized spacial score (nSPS) is 16.0. The SMILES string of the molecule is CN=C(NCCc1ccc(F)cc1F)NC1CCCCC1.I. The fourth-order valence-corrected chi connectivity index (χ4v) is 2.67. The van der Waals surface area contributed by atoms with E-state index in [4.69, 9.17) is 0 Å². The van der Waals surface area contributed by atoms with Crippen LogP contribution in [-0.4, -0.2) is 25.6 Å². The first-order chi connectivity index (χ1) is 10.2. The molecule has 0 bridgehead atoms. The smallest absolute Gasteiger partial charge is 0.191 e. The van der Waals surface area contributed by atoms with E-state index in [0.29, 0.717) is 24.6 Å². The summed E-state index contributed by atoms with van der Waals surface area (Å²) in [6.45, 7) is 0.564. The molecule has 1 aliphatic rings. The average Bonchev–Trinajstić information content (AvgIpc) is 2.49. The van der Waals surface area contributed by atoms with Crippen molar-refractivity contribution in [2.24, 2.45) is 4.99 Å². The van der Waals surface area contributed by atoms with Gasteiger partial charge in [-0.2, -0.15) is 0 Å². The fraction of sp³-hybridized carbons (Fsp3) is 0.562. The number of halogens is 3. The lowest BCUT2D eigenvalue weighted by Gasteiger charge is -2.24. The molecule has 0 spiro atoms. The molecule has 3 nitrogen and oxygen atoms in total. The van der Waals surface area contributed by atoms with Crippen molar-refractivity contribution in [2.45, 2.75) is 44.6 Å². The second-order valence-electron chi connectivity index (χ2n) is 5.46. The van der Waals surface area contributed by atoms with Gasteiger partial charge in [-0.1, -0.05) is 25.3 Å². The second-order valence-corrected chi connectivity index (χ2v) is 5.46. The van der Waals surface area contributed by atoms with Gasteiger partial charge in [0.15, 0.2) is 5.96 Å². The van der Waals surface area contributed by atoms with E-state index < -0.39 is 11.6 Å². The summed E-state index contributed by atoms with van der Waals surface area (Å²) in [4.78, 5) is 4.19. The maximum absolute atomic E-state index is 13.5. The van der Waals surface area contributed by atoms with Crippen LogP contribution in [0.15, 0.2) is 23.2 Å². The molecule has 1 aromatic carbocycles. The largest absolute Gasteiger partial charge is 0.356 e. The molecule has 1 fully saturated rings. The highest BCUT2D eigenvalue weighted by Crippen LogP contribution is 2.17. The zero-order chi connectivity index (χ0) is 15.1. The molecule has 0 saturated heterocycles. The zero-order valence-electron chi connectivity index (χ0n) is 12.9. The van der Waals surface area contributed by atoms with Crippen LogP contribution >= 0.6 is 24.0 Å². The molecule has 0 aromatic heterocycles. The molecular formula is C16H24F2IN3. The Morgan fingerprint density at radius 2 is 1.95 bits per heavy atom. The number of rotatable bonds is 4. The van der Waals surface area contributed by atoms with Crippen LogP contribution in [0, 0.1) is 11.6 Å². The number of guanidine groups is 1. The first-order valence-electron chi connectivity index (χ1n) is 7.60. The summed E-state index contributed by atoms with van der Waals surface area (Å²) in [6.07, 6.45) is 6.68.